The minimum atomic E-state index is 0.755. The van der Waals surface area contributed by atoms with E-state index in [1.807, 2.05) is 18.3 Å². The first kappa shape index (κ1) is 14.8. The number of nitrogens with one attached hydrogen (secondary N) is 1. The van der Waals surface area contributed by atoms with Gasteiger partial charge in [-0.2, -0.15) is 0 Å². The number of likely N-dealkylation sites (N-methyl/N-ethyl adjacent to an activating group) is 1. The normalized spacial score (nSPS) is 14.9. The van der Waals surface area contributed by atoms with Crippen molar-refractivity contribution < 1.29 is 4.74 Å². The van der Waals surface area contributed by atoms with E-state index in [0.717, 1.165) is 43.9 Å². The molecule has 0 unspecified atom stereocenters. The van der Waals surface area contributed by atoms with E-state index in [1.54, 1.807) is 0 Å². The smallest absolute Gasteiger partial charge is 0.185 e. The van der Waals surface area contributed by atoms with Gasteiger partial charge in [0.05, 0.1) is 12.3 Å². The monoisotopic (exact) mass is 283 g/mol. The summed E-state index contributed by atoms with van der Waals surface area (Å²) in [6.07, 6.45) is 3.68. The number of aryl methyl sites for hydroxylation is 1. The van der Waals surface area contributed by atoms with Crippen molar-refractivity contribution in [3.05, 3.63) is 10.6 Å². The van der Waals surface area contributed by atoms with Gasteiger partial charge >= 0.3 is 0 Å². The SMILES string of the molecule is CCOCCN(C)c1nc(CC)c(CNC2CC2)s1. The third-order valence-corrected chi connectivity index (χ3v) is 4.54. The molecule has 0 bridgehead atoms. The highest BCUT2D eigenvalue weighted by atomic mass is 32.1. The van der Waals surface area contributed by atoms with E-state index in [9.17, 15) is 0 Å². The van der Waals surface area contributed by atoms with Gasteiger partial charge in [0.2, 0.25) is 0 Å². The van der Waals surface area contributed by atoms with Crippen molar-refractivity contribution in [2.75, 3.05) is 31.7 Å². The number of aromatic nitrogens is 1. The molecule has 0 aliphatic heterocycles. The molecule has 5 heteroatoms. The highest BCUT2D eigenvalue weighted by molar-refractivity contribution is 7.15. The van der Waals surface area contributed by atoms with Crippen molar-refractivity contribution in [2.45, 2.75) is 45.7 Å². The third kappa shape index (κ3) is 4.44. The van der Waals surface area contributed by atoms with E-state index >= 15 is 0 Å². The fourth-order valence-electron chi connectivity index (χ4n) is 1.91. The second-order valence-electron chi connectivity index (χ2n) is 4.99. The first-order valence-corrected chi connectivity index (χ1v) is 8.07. The van der Waals surface area contributed by atoms with Gasteiger partial charge in [-0.05, 0) is 26.2 Å². The summed E-state index contributed by atoms with van der Waals surface area (Å²) < 4.78 is 5.40. The van der Waals surface area contributed by atoms with Gasteiger partial charge in [-0.1, -0.05) is 6.92 Å². The van der Waals surface area contributed by atoms with Crippen molar-refractivity contribution in [1.82, 2.24) is 10.3 Å². The number of anilines is 1. The van der Waals surface area contributed by atoms with Gasteiger partial charge in [0, 0.05) is 37.7 Å². The average Bonchev–Trinajstić information content (AvgIpc) is 3.15. The molecule has 4 nitrogen and oxygen atoms in total. The Balaban J connectivity index is 1.91. The summed E-state index contributed by atoms with van der Waals surface area (Å²) in [5.74, 6) is 0. The van der Waals surface area contributed by atoms with Crippen LogP contribution in [0.4, 0.5) is 5.13 Å². The van der Waals surface area contributed by atoms with Gasteiger partial charge in [0.15, 0.2) is 5.13 Å². The topological polar surface area (TPSA) is 37.4 Å². The molecule has 1 aliphatic rings. The van der Waals surface area contributed by atoms with Gasteiger partial charge in [-0.25, -0.2) is 4.98 Å². The van der Waals surface area contributed by atoms with E-state index in [1.165, 1.54) is 23.4 Å². The minimum absolute atomic E-state index is 0.755. The summed E-state index contributed by atoms with van der Waals surface area (Å²) in [5, 5.41) is 4.69. The van der Waals surface area contributed by atoms with Gasteiger partial charge in [-0.3, -0.25) is 0 Å². The van der Waals surface area contributed by atoms with Crippen LogP contribution in [0.2, 0.25) is 0 Å². The first-order valence-electron chi connectivity index (χ1n) is 7.25. The molecular weight excluding hydrogens is 258 g/mol. The van der Waals surface area contributed by atoms with Crippen molar-refractivity contribution >= 4 is 16.5 Å². The van der Waals surface area contributed by atoms with E-state index in [4.69, 9.17) is 9.72 Å². The predicted molar refractivity (Wildman–Crippen MR) is 81.1 cm³/mol. The van der Waals surface area contributed by atoms with Crippen LogP contribution in [-0.2, 0) is 17.7 Å². The van der Waals surface area contributed by atoms with Crippen LogP contribution in [0.25, 0.3) is 0 Å². The Morgan fingerprint density at radius 3 is 2.84 bits per heavy atom. The Hall–Kier alpha value is -0.650. The van der Waals surface area contributed by atoms with Crippen LogP contribution in [0.1, 0.15) is 37.3 Å². The number of thiazole rings is 1. The van der Waals surface area contributed by atoms with Crippen molar-refractivity contribution in [2.24, 2.45) is 0 Å². The molecule has 2 rings (SSSR count). The molecule has 1 aliphatic carbocycles. The quantitative estimate of drug-likeness (QED) is 0.706. The second kappa shape index (κ2) is 7.22. The Morgan fingerprint density at radius 1 is 1.42 bits per heavy atom. The lowest BCUT2D eigenvalue weighted by Crippen LogP contribution is -2.22. The maximum absolute atomic E-state index is 5.40. The third-order valence-electron chi connectivity index (χ3n) is 3.33. The molecule has 1 heterocycles. The Morgan fingerprint density at radius 2 is 2.21 bits per heavy atom. The van der Waals surface area contributed by atoms with Crippen LogP contribution < -0.4 is 10.2 Å². The van der Waals surface area contributed by atoms with Gasteiger partial charge in [-0.15, -0.1) is 11.3 Å². The molecule has 0 atom stereocenters. The van der Waals surface area contributed by atoms with Gasteiger partial charge in [0.25, 0.3) is 0 Å². The standard InChI is InChI=1S/C14H25N3OS/c1-4-12-13(10-15-11-6-7-11)19-14(16-12)17(3)8-9-18-5-2/h11,15H,4-10H2,1-3H3. The lowest BCUT2D eigenvalue weighted by molar-refractivity contribution is 0.154. The first-order chi connectivity index (χ1) is 9.24. The maximum atomic E-state index is 5.40. The number of hydrogen-bond donors (Lipinski definition) is 1. The number of hydrogen-bond acceptors (Lipinski definition) is 5. The average molecular weight is 283 g/mol. The zero-order valence-corrected chi connectivity index (χ0v) is 13.1. The van der Waals surface area contributed by atoms with E-state index < -0.39 is 0 Å². The largest absolute Gasteiger partial charge is 0.380 e. The van der Waals surface area contributed by atoms with E-state index in [-0.39, 0.29) is 0 Å². The predicted octanol–water partition coefficient (Wildman–Crippen LogP) is 2.43. The van der Waals surface area contributed by atoms with E-state index in [0.29, 0.717) is 0 Å². The van der Waals surface area contributed by atoms with Crippen LogP contribution in [0.5, 0.6) is 0 Å². The molecule has 0 amide bonds. The van der Waals surface area contributed by atoms with E-state index in [2.05, 4.69) is 24.2 Å². The summed E-state index contributed by atoms with van der Waals surface area (Å²) >= 11 is 1.82. The Bertz CT molecular complexity index is 390. The zero-order valence-electron chi connectivity index (χ0n) is 12.2. The zero-order chi connectivity index (χ0) is 13.7. The van der Waals surface area contributed by atoms with Crippen molar-refractivity contribution in [3.63, 3.8) is 0 Å². The Kier molecular flexibility index (Phi) is 5.60. The molecule has 1 saturated carbocycles. The molecule has 1 aromatic heterocycles. The fraction of sp³-hybridized carbons (Fsp3) is 0.786. The fourth-order valence-corrected chi connectivity index (χ4v) is 3.00. The van der Waals surface area contributed by atoms with Crippen LogP contribution in [0, 0.1) is 0 Å². The maximum Gasteiger partial charge on any atom is 0.185 e. The molecule has 0 aromatic carbocycles. The molecule has 0 spiro atoms. The molecule has 0 radical (unpaired) electrons. The summed E-state index contributed by atoms with van der Waals surface area (Å²) in [4.78, 5) is 8.35. The van der Waals surface area contributed by atoms with Gasteiger partial charge in [0.1, 0.15) is 0 Å². The summed E-state index contributed by atoms with van der Waals surface area (Å²) in [6.45, 7) is 7.64. The highest BCUT2D eigenvalue weighted by Gasteiger charge is 2.21. The summed E-state index contributed by atoms with van der Waals surface area (Å²) in [5.41, 5.74) is 1.25. The number of nitrogens with zero attached hydrogens (tertiary/aromatic N) is 2. The highest BCUT2D eigenvalue weighted by Crippen LogP contribution is 2.27. The molecule has 1 aromatic rings. The van der Waals surface area contributed by atoms with Crippen LogP contribution in [0.3, 0.4) is 0 Å². The second-order valence-corrected chi connectivity index (χ2v) is 6.06. The molecule has 0 saturated heterocycles. The van der Waals surface area contributed by atoms with Crippen molar-refractivity contribution in [3.8, 4) is 0 Å². The molecule has 1 N–H and O–H groups in total. The number of rotatable bonds is 9. The lowest BCUT2D eigenvalue weighted by Gasteiger charge is -2.15. The minimum Gasteiger partial charge on any atom is -0.380 e. The van der Waals surface area contributed by atoms with Crippen molar-refractivity contribution in [1.29, 1.82) is 0 Å². The van der Waals surface area contributed by atoms with Crippen LogP contribution in [-0.4, -0.2) is 37.8 Å². The lowest BCUT2D eigenvalue weighted by atomic mass is 10.3. The molecule has 19 heavy (non-hydrogen) atoms. The molecule has 108 valence electrons. The number of ether oxygens (including phenoxy) is 1. The van der Waals surface area contributed by atoms with Crippen LogP contribution in [0.15, 0.2) is 0 Å². The van der Waals surface area contributed by atoms with Crippen LogP contribution >= 0.6 is 11.3 Å². The molecule has 1 fully saturated rings. The van der Waals surface area contributed by atoms with Gasteiger partial charge < -0.3 is 15.0 Å². The molecular formula is C14H25N3OS. The summed E-state index contributed by atoms with van der Waals surface area (Å²) in [6, 6.07) is 0.755. The summed E-state index contributed by atoms with van der Waals surface area (Å²) in [7, 11) is 2.09. The Labute approximate surface area is 120 Å².